The highest BCUT2D eigenvalue weighted by Gasteiger charge is 2.25. The van der Waals surface area contributed by atoms with Gasteiger partial charge in [0.15, 0.2) is 5.96 Å². The fourth-order valence-electron chi connectivity index (χ4n) is 4.78. The predicted octanol–water partition coefficient (Wildman–Crippen LogP) is 3.97. The van der Waals surface area contributed by atoms with Crippen LogP contribution in [0.5, 0.6) is 11.5 Å². The number of piperidine rings is 1. The third-order valence-electron chi connectivity index (χ3n) is 6.70. The summed E-state index contributed by atoms with van der Waals surface area (Å²) in [6.07, 6.45) is 4.79. The monoisotopic (exact) mass is 573 g/mol. The second-order valence-electron chi connectivity index (χ2n) is 9.25. The SMILES string of the molecule is CCNC(=NCC(C(C)C)N1CCCC1)NC1CCN(c2cc(OC)cc(OC)c2)CC1.I. The molecule has 1 aromatic rings. The van der Waals surface area contributed by atoms with Crippen LogP contribution in [0.4, 0.5) is 5.69 Å². The molecule has 8 heteroatoms. The van der Waals surface area contributed by atoms with Gasteiger partial charge in [0.25, 0.3) is 0 Å². The van der Waals surface area contributed by atoms with Crippen LogP contribution < -0.4 is 25.0 Å². The molecule has 0 aliphatic carbocycles. The molecule has 2 fully saturated rings. The van der Waals surface area contributed by atoms with E-state index in [4.69, 9.17) is 14.5 Å². The van der Waals surface area contributed by atoms with Gasteiger partial charge >= 0.3 is 0 Å². The Balaban J connectivity index is 0.00000385. The maximum absolute atomic E-state index is 5.44. The van der Waals surface area contributed by atoms with Crippen LogP contribution in [0.15, 0.2) is 23.2 Å². The largest absolute Gasteiger partial charge is 0.497 e. The predicted molar refractivity (Wildman–Crippen MR) is 149 cm³/mol. The lowest BCUT2D eigenvalue weighted by molar-refractivity contribution is 0.197. The highest BCUT2D eigenvalue weighted by atomic mass is 127. The number of benzene rings is 1. The first kappa shape index (κ1) is 27.8. The molecule has 2 heterocycles. The zero-order chi connectivity index (χ0) is 22.9. The van der Waals surface area contributed by atoms with Gasteiger partial charge in [-0.1, -0.05) is 13.8 Å². The van der Waals surface area contributed by atoms with E-state index in [0.717, 1.165) is 62.2 Å². The fraction of sp³-hybridized carbons (Fsp3) is 0.720. The molecule has 0 saturated carbocycles. The number of rotatable bonds is 9. The molecule has 2 saturated heterocycles. The average molecular weight is 574 g/mol. The summed E-state index contributed by atoms with van der Waals surface area (Å²) < 4.78 is 10.9. The van der Waals surface area contributed by atoms with E-state index < -0.39 is 0 Å². The van der Waals surface area contributed by atoms with E-state index in [0.29, 0.717) is 18.0 Å². The van der Waals surface area contributed by atoms with E-state index in [1.165, 1.54) is 25.9 Å². The average Bonchev–Trinajstić information content (AvgIpc) is 3.33. The third kappa shape index (κ3) is 8.09. The molecule has 33 heavy (non-hydrogen) atoms. The number of halogens is 1. The number of ether oxygens (including phenoxy) is 2. The molecule has 1 aromatic carbocycles. The number of methoxy groups -OCH3 is 2. The van der Waals surface area contributed by atoms with Gasteiger partial charge < -0.3 is 25.0 Å². The molecular weight excluding hydrogens is 529 g/mol. The van der Waals surface area contributed by atoms with Gasteiger partial charge in [-0.15, -0.1) is 24.0 Å². The Morgan fingerprint density at radius 1 is 1.03 bits per heavy atom. The topological polar surface area (TPSA) is 61.4 Å². The van der Waals surface area contributed by atoms with Crippen molar-refractivity contribution in [3.8, 4) is 11.5 Å². The van der Waals surface area contributed by atoms with Gasteiger partial charge in [0, 0.05) is 55.6 Å². The Hall–Kier alpha value is -1.42. The summed E-state index contributed by atoms with van der Waals surface area (Å²) in [4.78, 5) is 10.0. The van der Waals surface area contributed by atoms with Crippen molar-refractivity contribution in [2.24, 2.45) is 10.9 Å². The first-order chi connectivity index (χ1) is 15.5. The fourth-order valence-corrected chi connectivity index (χ4v) is 4.78. The summed E-state index contributed by atoms with van der Waals surface area (Å²) in [7, 11) is 3.40. The van der Waals surface area contributed by atoms with Gasteiger partial charge in [-0.05, 0) is 51.6 Å². The number of hydrogen-bond donors (Lipinski definition) is 2. The first-order valence-electron chi connectivity index (χ1n) is 12.3. The van der Waals surface area contributed by atoms with E-state index >= 15 is 0 Å². The van der Waals surface area contributed by atoms with Crippen LogP contribution in [0, 0.1) is 5.92 Å². The summed E-state index contributed by atoms with van der Waals surface area (Å²) in [5, 5.41) is 7.16. The van der Waals surface area contributed by atoms with Crippen molar-refractivity contribution in [3.63, 3.8) is 0 Å². The number of likely N-dealkylation sites (tertiary alicyclic amines) is 1. The van der Waals surface area contributed by atoms with Gasteiger partial charge in [0.2, 0.25) is 0 Å². The molecule has 3 rings (SSSR count). The number of nitrogens with one attached hydrogen (secondary N) is 2. The third-order valence-corrected chi connectivity index (χ3v) is 6.70. The molecule has 0 spiro atoms. The van der Waals surface area contributed by atoms with Crippen LogP contribution in [0.3, 0.4) is 0 Å². The lowest BCUT2D eigenvalue weighted by Crippen LogP contribution is -2.49. The van der Waals surface area contributed by atoms with Gasteiger partial charge in [-0.2, -0.15) is 0 Å². The molecule has 2 aliphatic rings. The van der Waals surface area contributed by atoms with E-state index in [9.17, 15) is 0 Å². The number of aliphatic imine (C=N–C) groups is 1. The van der Waals surface area contributed by atoms with E-state index in [1.807, 2.05) is 6.07 Å². The Kier molecular flexibility index (Phi) is 11.9. The summed E-state index contributed by atoms with van der Waals surface area (Å²) in [6, 6.07) is 7.06. The number of nitrogens with zero attached hydrogens (tertiary/aromatic N) is 3. The summed E-state index contributed by atoms with van der Waals surface area (Å²) in [6.45, 7) is 12.9. The highest BCUT2D eigenvalue weighted by Crippen LogP contribution is 2.30. The summed E-state index contributed by atoms with van der Waals surface area (Å²) >= 11 is 0. The lowest BCUT2D eigenvalue weighted by Gasteiger charge is -2.35. The molecule has 0 aromatic heterocycles. The van der Waals surface area contributed by atoms with Crippen molar-refractivity contribution in [2.75, 3.05) is 58.4 Å². The van der Waals surface area contributed by atoms with Crippen LogP contribution in [-0.4, -0.2) is 76.4 Å². The summed E-state index contributed by atoms with van der Waals surface area (Å²) in [5.41, 5.74) is 1.16. The van der Waals surface area contributed by atoms with Gasteiger partial charge in [-0.25, -0.2) is 0 Å². The van der Waals surface area contributed by atoms with Crippen LogP contribution in [0.25, 0.3) is 0 Å². The minimum atomic E-state index is 0. The molecule has 188 valence electrons. The second-order valence-corrected chi connectivity index (χ2v) is 9.25. The van der Waals surface area contributed by atoms with Crippen molar-refractivity contribution < 1.29 is 9.47 Å². The Morgan fingerprint density at radius 3 is 2.15 bits per heavy atom. The number of anilines is 1. The molecular formula is C25H44IN5O2. The molecule has 1 atom stereocenters. The Labute approximate surface area is 217 Å². The summed E-state index contributed by atoms with van der Waals surface area (Å²) in [5.74, 6) is 3.24. The van der Waals surface area contributed by atoms with Crippen LogP contribution in [0.2, 0.25) is 0 Å². The Morgan fingerprint density at radius 2 is 1.64 bits per heavy atom. The normalized spacial score (nSPS) is 18.7. The Bertz CT molecular complexity index is 709. The molecule has 2 N–H and O–H groups in total. The molecule has 1 unspecified atom stereocenters. The van der Waals surface area contributed by atoms with E-state index in [1.54, 1.807) is 14.2 Å². The van der Waals surface area contributed by atoms with Crippen LogP contribution in [-0.2, 0) is 0 Å². The maximum Gasteiger partial charge on any atom is 0.191 e. The standard InChI is InChI=1S/C25H43N5O2.HI/c1-6-26-25(27-18-24(19(2)3)30-11-7-8-12-30)28-20-9-13-29(14-10-20)21-15-22(31-4)17-23(16-21)32-5;/h15-17,19-20,24H,6-14,18H2,1-5H3,(H2,26,27,28);1H. The van der Waals surface area contributed by atoms with E-state index in [-0.39, 0.29) is 24.0 Å². The number of guanidine groups is 1. The van der Waals surface area contributed by atoms with Crippen LogP contribution in [0.1, 0.15) is 46.5 Å². The first-order valence-corrected chi connectivity index (χ1v) is 12.3. The molecule has 0 bridgehead atoms. The molecule has 7 nitrogen and oxygen atoms in total. The second kappa shape index (κ2) is 14.1. The quantitative estimate of drug-likeness (QED) is 0.265. The minimum absolute atomic E-state index is 0. The van der Waals surface area contributed by atoms with Gasteiger partial charge in [-0.3, -0.25) is 9.89 Å². The molecule has 0 amide bonds. The molecule has 0 radical (unpaired) electrons. The van der Waals surface area contributed by atoms with E-state index in [2.05, 4.69) is 53.3 Å². The zero-order valence-corrected chi connectivity index (χ0v) is 23.4. The van der Waals surface area contributed by atoms with Crippen molar-refractivity contribution >= 4 is 35.6 Å². The van der Waals surface area contributed by atoms with Crippen molar-refractivity contribution in [1.29, 1.82) is 0 Å². The van der Waals surface area contributed by atoms with Crippen LogP contribution >= 0.6 is 24.0 Å². The smallest absolute Gasteiger partial charge is 0.191 e. The minimum Gasteiger partial charge on any atom is -0.497 e. The number of hydrogen-bond acceptors (Lipinski definition) is 5. The van der Waals surface area contributed by atoms with Crippen molar-refractivity contribution in [2.45, 2.75) is 58.5 Å². The van der Waals surface area contributed by atoms with Gasteiger partial charge in [0.05, 0.1) is 20.8 Å². The highest BCUT2D eigenvalue weighted by molar-refractivity contribution is 14.0. The zero-order valence-electron chi connectivity index (χ0n) is 21.1. The van der Waals surface area contributed by atoms with Gasteiger partial charge in [0.1, 0.15) is 11.5 Å². The lowest BCUT2D eigenvalue weighted by atomic mass is 10.0. The van der Waals surface area contributed by atoms with Crippen molar-refractivity contribution in [3.05, 3.63) is 18.2 Å². The maximum atomic E-state index is 5.44. The molecule has 2 aliphatic heterocycles. The van der Waals surface area contributed by atoms with Crippen molar-refractivity contribution in [1.82, 2.24) is 15.5 Å².